The average Bonchev–Trinajstić information content (AvgIpc) is 2.16. The lowest BCUT2D eigenvalue weighted by Gasteiger charge is -2.14. The summed E-state index contributed by atoms with van der Waals surface area (Å²) in [7, 11) is 1.64. The van der Waals surface area contributed by atoms with Gasteiger partial charge < -0.3 is 4.74 Å². The normalized spacial score (nSPS) is 11.3. The molecule has 4 nitrogen and oxygen atoms in total. The molecule has 0 fully saturated rings. The smallest absolute Gasteiger partial charge is 0.0915 e. The van der Waals surface area contributed by atoms with E-state index in [1.165, 1.54) is 0 Å². The lowest BCUT2D eigenvalue weighted by molar-refractivity contribution is 0.00589. The van der Waals surface area contributed by atoms with Gasteiger partial charge in [0.05, 0.1) is 24.7 Å². The molecule has 0 aliphatic heterocycles. The fourth-order valence-corrected chi connectivity index (χ4v) is 0.928. The average molecular weight is 200 g/mol. The zero-order valence-electron chi connectivity index (χ0n) is 9.30. The van der Waals surface area contributed by atoms with Crippen LogP contribution in [-0.2, 0) is 9.57 Å². The molecule has 0 aromatic carbocycles. The van der Waals surface area contributed by atoms with Crippen LogP contribution in [0.1, 0.15) is 26.7 Å². The largest absolute Gasteiger partial charge is 0.382 e. The molecule has 0 rings (SSSR count). The van der Waals surface area contributed by atoms with Crippen molar-refractivity contribution in [1.29, 1.82) is 5.26 Å². The van der Waals surface area contributed by atoms with E-state index in [0.717, 1.165) is 19.4 Å². The standard InChI is InChI=1S/C10H20N2O2/c1-10(2,9-11)5-4-6-12-14-8-7-13-3/h12H,4-8H2,1-3H3. The first-order chi connectivity index (χ1) is 6.62. The number of hydrogen-bond donors (Lipinski definition) is 1. The van der Waals surface area contributed by atoms with Gasteiger partial charge in [-0.15, -0.1) is 0 Å². The topological polar surface area (TPSA) is 54.3 Å². The van der Waals surface area contributed by atoms with Gasteiger partial charge in [0.1, 0.15) is 0 Å². The SMILES string of the molecule is COCCONCCCC(C)(C)C#N. The quantitative estimate of drug-likeness (QED) is 0.476. The highest BCUT2D eigenvalue weighted by atomic mass is 16.7. The second-order valence-electron chi connectivity index (χ2n) is 3.83. The molecule has 0 bridgehead atoms. The van der Waals surface area contributed by atoms with Gasteiger partial charge in [-0.05, 0) is 26.7 Å². The maximum absolute atomic E-state index is 8.75. The summed E-state index contributed by atoms with van der Waals surface area (Å²) < 4.78 is 4.81. The molecule has 0 saturated heterocycles. The number of nitrogens with one attached hydrogen (secondary N) is 1. The molecule has 0 amide bonds. The van der Waals surface area contributed by atoms with Gasteiger partial charge in [0.25, 0.3) is 0 Å². The molecule has 0 aromatic rings. The van der Waals surface area contributed by atoms with Crippen molar-refractivity contribution in [3.05, 3.63) is 0 Å². The number of ether oxygens (including phenoxy) is 1. The van der Waals surface area contributed by atoms with Crippen molar-refractivity contribution in [2.24, 2.45) is 5.41 Å². The van der Waals surface area contributed by atoms with Crippen molar-refractivity contribution in [3.8, 4) is 6.07 Å². The fraction of sp³-hybridized carbons (Fsp3) is 0.900. The maximum atomic E-state index is 8.75. The third-order valence-corrected chi connectivity index (χ3v) is 1.87. The monoisotopic (exact) mass is 200 g/mol. The van der Waals surface area contributed by atoms with Gasteiger partial charge in [0.15, 0.2) is 0 Å². The summed E-state index contributed by atoms with van der Waals surface area (Å²) in [5, 5.41) is 8.75. The molecule has 0 atom stereocenters. The van der Waals surface area contributed by atoms with E-state index in [1.807, 2.05) is 13.8 Å². The van der Waals surface area contributed by atoms with E-state index in [1.54, 1.807) is 7.11 Å². The summed E-state index contributed by atoms with van der Waals surface area (Å²) in [6.45, 7) is 5.81. The summed E-state index contributed by atoms with van der Waals surface area (Å²) in [5.74, 6) is 0. The van der Waals surface area contributed by atoms with E-state index in [2.05, 4.69) is 11.5 Å². The zero-order valence-corrected chi connectivity index (χ0v) is 9.30. The molecule has 0 aliphatic carbocycles. The predicted molar refractivity (Wildman–Crippen MR) is 54.5 cm³/mol. The number of hydrogen-bond acceptors (Lipinski definition) is 4. The van der Waals surface area contributed by atoms with E-state index in [4.69, 9.17) is 14.8 Å². The summed E-state index contributed by atoms with van der Waals surface area (Å²) in [5.41, 5.74) is 2.60. The minimum atomic E-state index is -0.228. The highest BCUT2D eigenvalue weighted by molar-refractivity contribution is 4.91. The van der Waals surface area contributed by atoms with E-state index in [-0.39, 0.29) is 5.41 Å². The molecule has 82 valence electrons. The molecule has 1 N–H and O–H groups in total. The maximum Gasteiger partial charge on any atom is 0.0915 e. The molecule has 14 heavy (non-hydrogen) atoms. The Hall–Kier alpha value is -0.630. The van der Waals surface area contributed by atoms with Gasteiger partial charge in [-0.3, -0.25) is 4.84 Å². The highest BCUT2D eigenvalue weighted by Crippen LogP contribution is 2.19. The van der Waals surface area contributed by atoms with Gasteiger partial charge in [0.2, 0.25) is 0 Å². The fourth-order valence-electron chi connectivity index (χ4n) is 0.928. The Balaban J connectivity index is 3.18. The Morgan fingerprint density at radius 1 is 1.36 bits per heavy atom. The van der Waals surface area contributed by atoms with Crippen LogP contribution in [0.3, 0.4) is 0 Å². The summed E-state index contributed by atoms with van der Waals surface area (Å²) in [6, 6.07) is 2.26. The van der Waals surface area contributed by atoms with Crippen LogP contribution in [0.4, 0.5) is 0 Å². The van der Waals surface area contributed by atoms with Crippen molar-refractivity contribution in [3.63, 3.8) is 0 Å². The van der Waals surface area contributed by atoms with Crippen LogP contribution >= 0.6 is 0 Å². The van der Waals surface area contributed by atoms with Crippen LogP contribution in [0, 0.1) is 16.7 Å². The molecular formula is C10H20N2O2. The molecule has 4 heteroatoms. The van der Waals surface area contributed by atoms with Crippen LogP contribution in [0.25, 0.3) is 0 Å². The molecular weight excluding hydrogens is 180 g/mol. The molecule has 0 aromatic heterocycles. The van der Waals surface area contributed by atoms with Crippen molar-refractivity contribution >= 4 is 0 Å². The Morgan fingerprint density at radius 3 is 2.64 bits per heavy atom. The Kier molecular flexibility index (Phi) is 7.40. The van der Waals surface area contributed by atoms with Gasteiger partial charge in [-0.2, -0.15) is 5.26 Å². The summed E-state index contributed by atoms with van der Waals surface area (Å²) >= 11 is 0. The lowest BCUT2D eigenvalue weighted by Crippen LogP contribution is -2.20. The van der Waals surface area contributed by atoms with Crippen LogP contribution in [-0.4, -0.2) is 26.9 Å². The molecule has 0 aliphatic rings. The molecule has 0 spiro atoms. The minimum absolute atomic E-state index is 0.228. The first kappa shape index (κ1) is 13.4. The third kappa shape index (κ3) is 7.99. The Morgan fingerprint density at radius 2 is 2.07 bits per heavy atom. The van der Waals surface area contributed by atoms with Gasteiger partial charge in [0, 0.05) is 13.7 Å². The molecule has 0 saturated carbocycles. The Bertz CT molecular complexity index is 175. The van der Waals surface area contributed by atoms with Gasteiger partial charge in [-0.1, -0.05) is 0 Å². The Labute approximate surface area is 86.1 Å². The number of nitrogens with zero attached hydrogens (tertiary/aromatic N) is 1. The van der Waals surface area contributed by atoms with Gasteiger partial charge >= 0.3 is 0 Å². The number of nitriles is 1. The van der Waals surface area contributed by atoms with Crippen LogP contribution in [0.5, 0.6) is 0 Å². The zero-order chi connectivity index (χ0) is 10.9. The molecule has 0 unspecified atom stereocenters. The third-order valence-electron chi connectivity index (χ3n) is 1.87. The van der Waals surface area contributed by atoms with E-state index >= 15 is 0 Å². The first-order valence-electron chi connectivity index (χ1n) is 4.87. The van der Waals surface area contributed by atoms with E-state index in [9.17, 15) is 0 Å². The lowest BCUT2D eigenvalue weighted by atomic mass is 9.90. The number of methoxy groups -OCH3 is 1. The van der Waals surface area contributed by atoms with Crippen LogP contribution < -0.4 is 5.48 Å². The van der Waals surface area contributed by atoms with Gasteiger partial charge in [-0.25, -0.2) is 5.48 Å². The van der Waals surface area contributed by atoms with Crippen LogP contribution in [0.2, 0.25) is 0 Å². The van der Waals surface area contributed by atoms with Crippen molar-refractivity contribution in [2.75, 3.05) is 26.9 Å². The van der Waals surface area contributed by atoms with Crippen molar-refractivity contribution in [2.45, 2.75) is 26.7 Å². The van der Waals surface area contributed by atoms with E-state index in [0.29, 0.717) is 13.2 Å². The number of rotatable bonds is 8. The number of hydroxylamine groups is 1. The summed E-state index contributed by atoms with van der Waals surface area (Å²) in [4.78, 5) is 5.06. The summed E-state index contributed by atoms with van der Waals surface area (Å²) in [6.07, 6.45) is 1.82. The molecule has 0 heterocycles. The predicted octanol–water partition coefficient (Wildman–Crippen LogP) is 1.48. The highest BCUT2D eigenvalue weighted by Gasteiger charge is 2.15. The van der Waals surface area contributed by atoms with E-state index < -0.39 is 0 Å². The van der Waals surface area contributed by atoms with Crippen molar-refractivity contribution in [1.82, 2.24) is 5.48 Å². The van der Waals surface area contributed by atoms with Crippen molar-refractivity contribution < 1.29 is 9.57 Å². The second kappa shape index (κ2) is 7.74. The first-order valence-corrected chi connectivity index (χ1v) is 4.87. The second-order valence-corrected chi connectivity index (χ2v) is 3.83. The van der Waals surface area contributed by atoms with Crippen LogP contribution in [0.15, 0.2) is 0 Å². The molecule has 0 radical (unpaired) electrons. The minimum Gasteiger partial charge on any atom is -0.382 e.